The Hall–Kier alpha value is -1.71. The Bertz CT molecular complexity index is 350. The lowest BCUT2D eigenvalue weighted by Crippen LogP contribution is -2.11. The van der Waals surface area contributed by atoms with Crippen molar-refractivity contribution >= 4 is 5.91 Å². The molecule has 0 spiro atoms. The van der Waals surface area contributed by atoms with Crippen LogP contribution in [0.2, 0.25) is 0 Å². The number of hydrogen-bond donors (Lipinski definition) is 1. The van der Waals surface area contributed by atoms with Crippen molar-refractivity contribution in [3.05, 3.63) is 23.8 Å². The quantitative estimate of drug-likeness (QED) is 0.800. The number of ether oxygens (including phenoxy) is 2. The summed E-state index contributed by atoms with van der Waals surface area (Å²) in [6.45, 7) is 2.59. The zero-order valence-corrected chi connectivity index (χ0v) is 8.95. The monoisotopic (exact) mass is 209 g/mol. The third-order valence-corrected chi connectivity index (χ3v) is 1.91. The van der Waals surface area contributed by atoms with E-state index in [1.54, 1.807) is 25.3 Å². The fraction of sp³-hybridized carbons (Fsp3) is 0.364. The zero-order valence-electron chi connectivity index (χ0n) is 8.95. The van der Waals surface area contributed by atoms with Gasteiger partial charge in [-0.1, -0.05) is 6.92 Å². The van der Waals surface area contributed by atoms with Crippen molar-refractivity contribution in [1.29, 1.82) is 0 Å². The van der Waals surface area contributed by atoms with Gasteiger partial charge < -0.3 is 15.2 Å². The van der Waals surface area contributed by atoms with Crippen molar-refractivity contribution in [3.8, 4) is 11.5 Å². The normalized spacial score (nSPS) is 9.73. The topological polar surface area (TPSA) is 61.5 Å². The van der Waals surface area contributed by atoms with Gasteiger partial charge in [0.05, 0.1) is 13.7 Å². The molecule has 0 aliphatic rings. The molecule has 0 radical (unpaired) electrons. The molecule has 1 amide bonds. The first-order chi connectivity index (χ1) is 7.19. The Labute approximate surface area is 89.0 Å². The van der Waals surface area contributed by atoms with Gasteiger partial charge in [0.15, 0.2) is 11.5 Å². The lowest BCUT2D eigenvalue weighted by molar-refractivity contribution is 0.1000. The molecule has 0 unspecified atom stereocenters. The first-order valence-electron chi connectivity index (χ1n) is 4.79. The molecule has 82 valence electrons. The molecule has 15 heavy (non-hydrogen) atoms. The SMILES string of the molecule is CCCOc1cc(C(N)=O)ccc1OC. The smallest absolute Gasteiger partial charge is 0.248 e. The molecule has 0 fully saturated rings. The van der Waals surface area contributed by atoms with Gasteiger partial charge in [-0.3, -0.25) is 4.79 Å². The number of hydrogen-bond acceptors (Lipinski definition) is 3. The van der Waals surface area contributed by atoms with E-state index in [4.69, 9.17) is 15.2 Å². The third-order valence-electron chi connectivity index (χ3n) is 1.91. The molecule has 1 aromatic rings. The molecule has 0 bridgehead atoms. The molecule has 1 aromatic carbocycles. The summed E-state index contributed by atoms with van der Waals surface area (Å²) in [6, 6.07) is 4.88. The molecule has 4 heteroatoms. The highest BCUT2D eigenvalue weighted by molar-refractivity contribution is 5.93. The van der Waals surface area contributed by atoms with E-state index in [2.05, 4.69) is 0 Å². The Kier molecular flexibility index (Phi) is 3.97. The second kappa shape index (κ2) is 5.24. The Morgan fingerprint density at radius 2 is 2.13 bits per heavy atom. The van der Waals surface area contributed by atoms with E-state index in [-0.39, 0.29) is 0 Å². The predicted molar refractivity (Wildman–Crippen MR) is 57.3 cm³/mol. The largest absolute Gasteiger partial charge is 0.493 e. The highest BCUT2D eigenvalue weighted by atomic mass is 16.5. The Morgan fingerprint density at radius 1 is 1.40 bits per heavy atom. The minimum absolute atomic E-state index is 0.418. The number of carbonyl (C=O) groups excluding carboxylic acids is 1. The number of carbonyl (C=O) groups is 1. The van der Waals surface area contributed by atoms with Gasteiger partial charge in [-0.15, -0.1) is 0 Å². The van der Waals surface area contributed by atoms with Crippen molar-refractivity contribution < 1.29 is 14.3 Å². The van der Waals surface area contributed by atoms with Crippen molar-refractivity contribution in [1.82, 2.24) is 0 Å². The summed E-state index contributed by atoms with van der Waals surface area (Å²) in [5.41, 5.74) is 5.59. The first-order valence-corrected chi connectivity index (χ1v) is 4.79. The molecule has 0 heterocycles. The van der Waals surface area contributed by atoms with Gasteiger partial charge in [-0.25, -0.2) is 0 Å². The van der Waals surface area contributed by atoms with Crippen LogP contribution < -0.4 is 15.2 Å². The van der Waals surface area contributed by atoms with Crippen LogP contribution in [0, 0.1) is 0 Å². The molecule has 0 saturated heterocycles. The average molecular weight is 209 g/mol. The number of primary amides is 1. The Morgan fingerprint density at radius 3 is 2.67 bits per heavy atom. The lowest BCUT2D eigenvalue weighted by Gasteiger charge is -2.10. The average Bonchev–Trinajstić information content (AvgIpc) is 2.25. The van der Waals surface area contributed by atoms with E-state index in [9.17, 15) is 4.79 Å². The predicted octanol–water partition coefficient (Wildman–Crippen LogP) is 1.58. The van der Waals surface area contributed by atoms with Crippen LogP contribution >= 0.6 is 0 Å². The van der Waals surface area contributed by atoms with Crippen molar-refractivity contribution in [2.75, 3.05) is 13.7 Å². The number of benzene rings is 1. The molecule has 0 aliphatic heterocycles. The van der Waals surface area contributed by atoms with Gasteiger partial charge in [0.25, 0.3) is 0 Å². The van der Waals surface area contributed by atoms with Gasteiger partial charge in [-0.2, -0.15) is 0 Å². The Balaban J connectivity index is 2.96. The summed E-state index contributed by atoms with van der Waals surface area (Å²) in [5, 5.41) is 0. The van der Waals surface area contributed by atoms with Gasteiger partial charge in [0.1, 0.15) is 0 Å². The lowest BCUT2D eigenvalue weighted by atomic mass is 10.2. The number of methoxy groups -OCH3 is 1. The summed E-state index contributed by atoms with van der Waals surface area (Å²) in [5.74, 6) is 0.683. The number of nitrogens with two attached hydrogens (primary N) is 1. The molecular formula is C11H15NO3. The maximum Gasteiger partial charge on any atom is 0.248 e. The molecular weight excluding hydrogens is 194 g/mol. The van der Waals surface area contributed by atoms with E-state index in [0.717, 1.165) is 6.42 Å². The standard InChI is InChI=1S/C11H15NO3/c1-3-6-15-10-7-8(11(12)13)4-5-9(10)14-2/h4-5,7H,3,6H2,1-2H3,(H2,12,13). The van der Waals surface area contributed by atoms with E-state index < -0.39 is 5.91 Å². The molecule has 2 N–H and O–H groups in total. The number of amides is 1. The fourth-order valence-corrected chi connectivity index (χ4v) is 1.15. The van der Waals surface area contributed by atoms with E-state index in [1.807, 2.05) is 6.92 Å². The van der Waals surface area contributed by atoms with Crippen LogP contribution in [0.3, 0.4) is 0 Å². The summed E-state index contributed by atoms with van der Waals surface area (Å²) in [7, 11) is 1.55. The minimum atomic E-state index is -0.473. The van der Waals surface area contributed by atoms with Gasteiger partial charge in [-0.05, 0) is 24.6 Å². The molecule has 0 saturated carbocycles. The zero-order chi connectivity index (χ0) is 11.3. The van der Waals surface area contributed by atoms with Crippen LogP contribution in [0.1, 0.15) is 23.7 Å². The summed E-state index contributed by atoms with van der Waals surface area (Å²) < 4.78 is 10.5. The maximum atomic E-state index is 11.0. The van der Waals surface area contributed by atoms with E-state index >= 15 is 0 Å². The molecule has 0 aliphatic carbocycles. The minimum Gasteiger partial charge on any atom is -0.493 e. The summed E-state index contributed by atoms with van der Waals surface area (Å²) in [4.78, 5) is 11.0. The third kappa shape index (κ3) is 2.87. The van der Waals surface area contributed by atoms with Crippen molar-refractivity contribution in [2.24, 2.45) is 5.73 Å². The number of rotatable bonds is 5. The molecule has 0 atom stereocenters. The fourth-order valence-electron chi connectivity index (χ4n) is 1.15. The summed E-state index contributed by atoms with van der Waals surface area (Å²) >= 11 is 0. The molecule has 4 nitrogen and oxygen atoms in total. The summed E-state index contributed by atoms with van der Waals surface area (Å²) in [6.07, 6.45) is 0.893. The first kappa shape index (κ1) is 11.4. The van der Waals surface area contributed by atoms with Crippen LogP contribution in [0.5, 0.6) is 11.5 Å². The second-order valence-corrected chi connectivity index (χ2v) is 3.08. The second-order valence-electron chi connectivity index (χ2n) is 3.08. The maximum absolute atomic E-state index is 11.0. The van der Waals surface area contributed by atoms with E-state index in [1.165, 1.54) is 0 Å². The van der Waals surface area contributed by atoms with Crippen LogP contribution in [-0.2, 0) is 0 Å². The van der Waals surface area contributed by atoms with Crippen LogP contribution in [0.25, 0.3) is 0 Å². The van der Waals surface area contributed by atoms with Gasteiger partial charge in [0, 0.05) is 5.56 Å². The van der Waals surface area contributed by atoms with Gasteiger partial charge >= 0.3 is 0 Å². The van der Waals surface area contributed by atoms with Crippen LogP contribution in [-0.4, -0.2) is 19.6 Å². The van der Waals surface area contributed by atoms with E-state index in [0.29, 0.717) is 23.7 Å². The van der Waals surface area contributed by atoms with Crippen molar-refractivity contribution in [3.63, 3.8) is 0 Å². The molecule has 1 rings (SSSR count). The van der Waals surface area contributed by atoms with Crippen LogP contribution in [0.4, 0.5) is 0 Å². The highest BCUT2D eigenvalue weighted by Gasteiger charge is 2.08. The van der Waals surface area contributed by atoms with Crippen LogP contribution in [0.15, 0.2) is 18.2 Å². The van der Waals surface area contributed by atoms with Gasteiger partial charge in [0.2, 0.25) is 5.91 Å². The molecule has 0 aromatic heterocycles. The highest BCUT2D eigenvalue weighted by Crippen LogP contribution is 2.27. The van der Waals surface area contributed by atoms with Crippen molar-refractivity contribution in [2.45, 2.75) is 13.3 Å².